The van der Waals surface area contributed by atoms with Gasteiger partial charge in [0, 0.05) is 10.6 Å². The van der Waals surface area contributed by atoms with Crippen LogP contribution in [0.15, 0.2) is 39.9 Å². The molecule has 3 rings (SSSR count). The average Bonchev–Trinajstić information content (AvgIpc) is 3.09. The van der Waals surface area contributed by atoms with Crippen molar-refractivity contribution in [1.29, 1.82) is 0 Å². The molecule has 1 aromatic carbocycles. The quantitative estimate of drug-likeness (QED) is 0.373. The standard InChI is InChI=1S/C14H12Cl2N6O.2ClH/c1-8-19-21-14(22(8)17)20-18-7-10-3-5-13(23-10)11-4-2-9(15)6-12(11)16;;/h2-7H,17H2,1H3,(H,20,21);2*1H/b18-7+;;. The SMILES string of the molecule is Cc1nnc(N/N=C/c2ccc(-c3ccc(Cl)cc3Cl)o2)n1N.Cl.Cl. The van der Waals surface area contributed by atoms with Crippen LogP contribution in [-0.2, 0) is 0 Å². The van der Waals surface area contributed by atoms with Gasteiger partial charge in [-0.3, -0.25) is 0 Å². The van der Waals surface area contributed by atoms with Crippen LogP contribution in [0.2, 0.25) is 10.0 Å². The molecule has 2 aromatic heterocycles. The molecule has 134 valence electrons. The molecule has 7 nitrogen and oxygen atoms in total. The summed E-state index contributed by atoms with van der Waals surface area (Å²) < 4.78 is 6.96. The van der Waals surface area contributed by atoms with Crippen LogP contribution in [0.25, 0.3) is 11.3 Å². The first-order chi connectivity index (χ1) is 11.0. The zero-order chi connectivity index (χ0) is 16.4. The normalized spacial score (nSPS) is 10.4. The van der Waals surface area contributed by atoms with Gasteiger partial charge in [0.05, 0.1) is 11.2 Å². The molecule has 0 saturated heterocycles. The highest BCUT2D eigenvalue weighted by Gasteiger charge is 2.08. The Bertz CT molecular complexity index is 876. The molecule has 0 atom stereocenters. The van der Waals surface area contributed by atoms with E-state index >= 15 is 0 Å². The molecule has 2 heterocycles. The van der Waals surface area contributed by atoms with Crippen LogP contribution in [0.1, 0.15) is 11.6 Å². The molecule has 0 fully saturated rings. The Morgan fingerprint density at radius 1 is 1.20 bits per heavy atom. The number of nitrogen functional groups attached to an aromatic ring is 1. The van der Waals surface area contributed by atoms with Gasteiger partial charge in [0.25, 0.3) is 5.95 Å². The zero-order valence-electron chi connectivity index (χ0n) is 12.8. The smallest absolute Gasteiger partial charge is 0.263 e. The molecular formula is C14H14Cl4N6O. The second-order valence-corrected chi connectivity index (χ2v) is 5.48. The van der Waals surface area contributed by atoms with E-state index in [0.717, 1.165) is 5.56 Å². The molecule has 0 aliphatic heterocycles. The first-order valence-electron chi connectivity index (χ1n) is 6.56. The van der Waals surface area contributed by atoms with Gasteiger partial charge in [0.2, 0.25) is 0 Å². The summed E-state index contributed by atoms with van der Waals surface area (Å²) in [6.45, 7) is 1.73. The second kappa shape index (κ2) is 8.96. The van der Waals surface area contributed by atoms with Crippen molar-refractivity contribution in [2.45, 2.75) is 6.92 Å². The van der Waals surface area contributed by atoms with Crippen LogP contribution < -0.4 is 11.3 Å². The summed E-state index contributed by atoms with van der Waals surface area (Å²) in [4.78, 5) is 0. The summed E-state index contributed by atoms with van der Waals surface area (Å²) in [7, 11) is 0. The van der Waals surface area contributed by atoms with Crippen LogP contribution in [0.3, 0.4) is 0 Å². The molecule has 3 N–H and O–H groups in total. The topological polar surface area (TPSA) is 94.3 Å². The van der Waals surface area contributed by atoms with Crippen LogP contribution in [0.4, 0.5) is 5.95 Å². The fourth-order valence-corrected chi connectivity index (χ4v) is 2.36. The Labute approximate surface area is 166 Å². The van der Waals surface area contributed by atoms with E-state index in [2.05, 4.69) is 20.7 Å². The van der Waals surface area contributed by atoms with Gasteiger partial charge in [-0.2, -0.15) is 5.10 Å². The number of furan rings is 1. The van der Waals surface area contributed by atoms with Crippen molar-refractivity contribution in [2.24, 2.45) is 5.10 Å². The van der Waals surface area contributed by atoms with E-state index in [0.29, 0.717) is 33.3 Å². The lowest BCUT2D eigenvalue weighted by Gasteiger charge is -2.01. The van der Waals surface area contributed by atoms with Crippen molar-refractivity contribution < 1.29 is 4.42 Å². The van der Waals surface area contributed by atoms with Gasteiger partial charge in [-0.15, -0.1) is 35.0 Å². The molecule has 3 aromatic rings. The lowest BCUT2D eigenvalue weighted by Crippen LogP contribution is -2.13. The third-order valence-corrected chi connectivity index (χ3v) is 3.59. The van der Waals surface area contributed by atoms with Crippen LogP contribution >= 0.6 is 48.0 Å². The second-order valence-electron chi connectivity index (χ2n) is 4.64. The Morgan fingerprint density at radius 2 is 1.96 bits per heavy atom. The average molecular weight is 424 g/mol. The van der Waals surface area contributed by atoms with Crippen LogP contribution in [0.5, 0.6) is 0 Å². The van der Waals surface area contributed by atoms with Gasteiger partial charge in [0.1, 0.15) is 11.5 Å². The van der Waals surface area contributed by atoms with E-state index in [4.69, 9.17) is 33.5 Å². The number of aromatic nitrogens is 3. The summed E-state index contributed by atoms with van der Waals surface area (Å²) in [6.07, 6.45) is 1.50. The van der Waals surface area contributed by atoms with Crippen molar-refractivity contribution in [2.75, 3.05) is 11.3 Å². The number of nitrogens with zero attached hydrogens (tertiary/aromatic N) is 4. The Morgan fingerprint density at radius 3 is 2.60 bits per heavy atom. The number of anilines is 1. The zero-order valence-corrected chi connectivity index (χ0v) is 16.0. The van der Waals surface area contributed by atoms with Crippen molar-refractivity contribution in [3.05, 3.63) is 52.0 Å². The van der Waals surface area contributed by atoms with E-state index in [9.17, 15) is 0 Å². The molecule has 0 bridgehead atoms. The van der Waals surface area contributed by atoms with E-state index < -0.39 is 0 Å². The maximum absolute atomic E-state index is 6.16. The van der Waals surface area contributed by atoms with Gasteiger partial charge < -0.3 is 10.3 Å². The Kier molecular flexibility index (Phi) is 7.57. The van der Waals surface area contributed by atoms with Crippen LogP contribution in [0, 0.1) is 6.92 Å². The number of nitrogens with two attached hydrogens (primary N) is 1. The number of rotatable bonds is 4. The Balaban J connectivity index is 0.00000156. The predicted molar refractivity (Wildman–Crippen MR) is 105 cm³/mol. The third kappa shape index (κ3) is 4.79. The minimum absolute atomic E-state index is 0. The minimum atomic E-state index is 0. The maximum Gasteiger partial charge on any atom is 0.263 e. The van der Waals surface area contributed by atoms with E-state index in [1.807, 2.05) is 0 Å². The first kappa shape index (κ1) is 21.1. The van der Waals surface area contributed by atoms with Gasteiger partial charge in [-0.1, -0.05) is 23.2 Å². The summed E-state index contributed by atoms with van der Waals surface area (Å²) in [5.41, 5.74) is 3.43. The summed E-state index contributed by atoms with van der Waals surface area (Å²) >= 11 is 12.0. The van der Waals surface area contributed by atoms with Crippen molar-refractivity contribution in [3.63, 3.8) is 0 Å². The number of halogens is 4. The molecule has 0 spiro atoms. The molecule has 0 saturated carbocycles. The number of hydrogen-bond donors (Lipinski definition) is 2. The molecule has 0 aliphatic rings. The monoisotopic (exact) mass is 422 g/mol. The minimum Gasteiger partial charge on any atom is -0.455 e. The number of aryl methyl sites for hydroxylation is 1. The highest BCUT2D eigenvalue weighted by atomic mass is 35.5. The molecule has 0 radical (unpaired) electrons. The Hall–Kier alpha value is -1.93. The van der Waals surface area contributed by atoms with Crippen molar-refractivity contribution >= 4 is 60.2 Å². The predicted octanol–water partition coefficient (Wildman–Crippen LogP) is 4.16. The number of nitrogens with one attached hydrogen (secondary N) is 1. The van der Waals surface area contributed by atoms with Crippen molar-refractivity contribution in [3.8, 4) is 11.3 Å². The van der Waals surface area contributed by atoms with E-state index in [1.54, 1.807) is 37.3 Å². The van der Waals surface area contributed by atoms with E-state index in [-0.39, 0.29) is 24.8 Å². The first-order valence-corrected chi connectivity index (χ1v) is 7.31. The summed E-state index contributed by atoms with van der Waals surface area (Å²) in [5, 5.41) is 12.7. The molecule has 0 aliphatic carbocycles. The lowest BCUT2D eigenvalue weighted by atomic mass is 10.2. The van der Waals surface area contributed by atoms with Gasteiger partial charge in [-0.05, 0) is 37.3 Å². The lowest BCUT2D eigenvalue weighted by molar-refractivity contribution is 0.575. The number of hydrazone groups is 1. The van der Waals surface area contributed by atoms with Gasteiger partial charge in [0.15, 0.2) is 5.82 Å². The maximum atomic E-state index is 6.16. The van der Waals surface area contributed by atoms with E-state index in [1.165, 1.54) is 10.9 Å². The fraction of sp³-hybridized carbons (Fsp3) is 0.0714. The molecule has 11 heteroatoms. The fourth-order valence-electron chi connectivity index (χ4n) is 1.86. The highest BCUT2D eigenvalue weighted by molar-refractivity contribution is 6.36. The molecule has 25 heavy (non-hydrogen) atoms. The van der Waals surface area contributed by atoms with Gasteiger partial charge in [-0.25, -0.2) is 10.1 Å². The number of benzene rings is 1. The third-order valence-electron chi connectivity index (χ3n) is 3.05. The van der Waals surface area contributed by atoms with Gasteiger partial charge >= 0.3 is 0 Å². The van der Waals surface area contributed by atoms with Crippen molar-refractivity contribution in [1.82, 2.24) is 14.9 Å². The molecule has 0 amide bonds. The largest absolute Gasteiger partial charge is 0.455 e. The highest BCUT2D eigenvalue weighted by Crippen LogP contribution is 2.31. The summed E-state index contributed by atoms with van der Waals surface area (Å²) in [5.74, 6) is 7.75. The molecular weight excluding hydrogens is 410 g/mol. The summed E-state index contributed by atoms with van der Waals surface area (Å²) in [6, 6.07) is 8.77. The number of hydrogen-bond acceptors (Lipinski definition) is 6. The van der Waals surface area contributed by atoms with Crippen LogP contribution in [-0.4, -0.2) is 21.1 Å². The molecule has 0 unspecified atom stereocenters.